The molecule has 0 aromatic heterocycles. The Morgan fingerprint density at radius 2 is 1.36 bits per heavy atom. The fourth-order valence-electron chi connectivity index (χ4n) is 2.17. The van der Waals surface area contributed by atoms with Crippen molar-refractivity contribution in [2.75, 3.05) is 0 Å². The molecule has 1 atom stereocenters. The predicted molar refractivity (Wildman–Crippen MR) is 104 cm³/mol. The quantitative estimate of drug-likeness (QED) is 0.547. The van der Waals surface area contributed by atoms with Crippen LogP contribution >= 0.6 is 9.24 Å². The average Bonchev–Trinajstić information content (AvgIpc) is 2.42. The Bertz CT molecular complexity index is 612. The number of hydrogen-bond donors (Lipinski definition) is 0. The second-order valence-electron chi connectivity index (χ2n) is 6.47. The van der Waals surface area contributed by atoms with Crippen molar-refractivity contribution in [1.82, 2.24) is 0 Å². The fraction of sp³-hybridized carbons (Fsp3) is 0.333. The highest BCUT2D eigenvalue weighted by Crippen LogP contribution is 2.31. The minimum Gasteiger partial charge on any atom is -0.110 e. The zero-order valence-corrected chi connectivity index (χ0v) is 15.9. The van der Waals surface area contributed by atoms with E-state index in [2.05, 4.69) is 99.3 Å². The normalized spacial score (nSPS) is 11.6. The van der Waals surface area contributed by atoms with E-state index in [0.29, 0.717) is 0 Å². The number of allylic oxidation sites excluding steroid dienone is 1. The summed E-state index contributed by atoms with van der Waals surface area (Å²) in [5, 5.41) is 1.27. The van der Waals surface area contributed by atoms with Gasteiger partial charge in [0.1, 0.15) is 0 Å². The summed E-state index contributed by atoms with van der Waals surface area (Å²) in [6, 6.07) is 17.3. The van der Waals surface area contributed by atoms with Crippen molar-refractivity contribution in [2.45, 2.75) is 41.5 Å². The molecule has 2 aromatic carbocycles. The lowest BCUT2D eigenvalue weighted by Gasteiger charge is -2.13. The number of hydrogen-bond acceptors (Lipinski definition) is 0. The van der Waals surface area contributed by atoms with Crippen LogP contribution in [0.4, 0.5) is 0 Å². The van der Waals surface area contributed by atoms with Crippen molar-refractivity contribution in [2.24, 2.45) is 5.92 Å². The molecule has 1 unspecified atom stereocenters. The Kier molecular flexibility index (Phi) is 7.56. The van der Waals surface area contributed by atoms with Crippen LogP contribution in [-0.2, 0) is 0 Å². The third-order valence-electron chi connectivity index (χ3n) is 3.15. The van der Waals surface area contributed by atoms with Crippen molar-refractivity contribution in [3.8, 4) is 0 Å². The largest absolute Gasteiger partial charge is 0.110 e. The summed E-state index contributed by atoms with van der Waals surface area (Å²) in [7, 11) is 2.83. The van der Waals surface area contributed by atoms with E-state index >= 15 is 0 Å². The van der Waals surface area contributed by atoms with Gasteiger partial charge in [0.2, 0.25) is 0 Å². The van der Waals surface area contributed by atoms with Gasteiger partial charge in [-0.2, -0.15) is 0 Å². The van der Waals surface area contributed by atoms with Crippen LogP contribution in [0.25, 0.3) is 5.57 Å². The molecule has 118 valence electrons. The molecule has 0 aliphatic heterocycles. The molecule has 0 nitrogen and oxygen atoms in total. The molecular formula is C21H29P. The predicted octanol–water partition coefficient (Wildman–Crippen LogP) is 6.62. The summed E-state index contributed by atoms with van der Waals surface area (Å²) in [6.45, 7) is 12.9. The van der Waals surface area contributed by atoms with Gasteiger partial charge in [-0.25, -0.2) is 0 Å². The Balaban J connectivity index is 0.000000541. The maximum absolute atomic E-state index is 2.83. The molecule has 0 N–H and O–H groups in total. The Morgan fingerprint density at radius 3 is 1.82 bits per heavy atom. The smallest absolute Gasteiger partial charge is 0.00800 e. The van der Waals surface area contributed by atoms with E-state index in [9.17, 15) is 0 Å². The molecule has 22 heavy (non-hydrogen) atoms. The first-order valence-corrected chi connectivity index (χ1v) is 8.50. The molecule has 0 amide bonds. The van der Waals surface area contributed by atoms with Gasteiger partial charge < -0.3 is 0 Å². The van der Waals surface area contributed by atoms with Crippen LogP contribution in [0.15, 0.2) is 53.8 Å². The monoisotopic (exact) mass is 312 g/mol. The lowest BCUT2D eigenvalue weighted by molar-refractivity contribution is 0.737. The zero-order valence-electron chi connectivity index (χ0n) is 14.8. The Morgan fingerprint density at radius 1 is 0.864 bits per heavy atom. The maximum Gasteiger partial charge on any atom is -0.00800 e. The minimum atomic E-state index is 0.833. The van der Waals surface area contributed by atoms with Gasteiger partial charge in [-0.05, 0) is 54.3 Å². The first-order chi connectivity index (χ1) is 10.3. The summed E-state index contributed by atoms with van der Waals surface area (Å²) in [5.41, 5.74) is 6.52. The van der Waals surface area contributed by atoms with Gasteiger partial charge in [0.05, 0.1) is 0 Å². The van der Waals surface area contributed by atoms with Crippen LogP contribution in [0.1, 0.15) is 49.9 Å². The highest BCUT2D eigenvalue weighted by atomic mass is 31.0. The summed E-state index contributed by atoms with van der Waals surface area (Å²) in [6.07, 6.45) is 0. The SMILES string of the molecule is C/C(P)=C(/c1ccc(C)cc1)c1ccccc1C.CC(C)C. The molecule has 0 saturated carbocycles. The van der Waals surface area contributed by atoms with Gasteiger partial charge in [-0.3, -0.25) is 0 Å². The molecule has 2 rings (SSSR count). The maximum atomic E-state index is 2.83. The third-order valence-corrected chi connectivity index (χ3v) is 3.44. The number of rotatable bonds is 2. The molecule has 0 spiro atoms. The zero-order chi connectivity index (χ0) is 16.7. The first kappa shape index (κ1) is 18.7. The first-order valence-electron chi connectivity index (χ1n) is 7.92. The highest BCUT2D eigenvalue weighted by molar-refractivity contribution is 7.23. The van der Waals surface area contributed by atoms with Crippen LogP contribution < -0.4 is 0 Å². The summed E-state index contributed by atoms with van der Waals surface area (Å²) >= 11 is 0. The molecule has 1 heteroatoms. The van der Waals surface area contributed by atoms with Gasteiger partial charge >= 0.3 is 0 Å². The Labute approximate surface area is 138 Å². The molecule has 0 radical (unpaired) electrons. The van der Waals surface area contributed by atoms with Crippen LogP contribution in [0, 0.1) is 19.8 Å². The summed E-state index contributed by atoms with van der Waals surface area (Å²) in [5.74, 6) is 0.833. The van der Waals surface area contributed by atoms with Crippen LogP contribution in [-0.4, -0.2) is 0 Å². The van der Waals surface area contributed by atoms with Gasteiger partial charge in [0.15, 0.2) is 0 Å². The molecule has 0 aliphatic carbocycles. The van der Waals surface area contributed by atoms with Gasteiger partial charge in [0.25, 0.3) is 0 Å². The second-order valence-corrected chi connectivity index (χ2v) is 7.34. The molecule has 0 heterocycles. The van der Waals surface area contributed by atoms with E-state index in [-0.39, 0.29) is 0 Å². The van der Waals surface area contributed by atoms with Crippen molar-refractivity contribution >= 4 is 14.8 Å². The van der Waals surface area contributed by atoms with Crippen LogP contribution in [0.2, 0.25) is 0 Å². The summed E-state index contributed by atoms with van der Waals surface area (Å²) < 4.78 is 0. The van der Waals surface area contributed by atoms with E-state index < -0.39 is 0 Å². The Hall–Kier alpha value is -1.39. The fourth-order valence-corrected chi connectivity index (χ4v) is 2.49. The minimum absolute atomic E-state index is 0.833. The number of aryl methyl sites for hydroxylation is 2. The standard InChI is InChI=1S/C17H19P.C4H10/c1-12-8-10-15(11-9-12)17(14(3)18)16-7-5-4-6-13(16)2;1-4(2)3/h4-11H,18H2,1-3H3;4H,1-3H3/b17-14+;. The molecule has 0 fully saturated rings. The van der Waals surface area contributed by atoms with Crippen molar-refractivity contribution in [3.63, 3.8) is 0 Å². The van der Waals surface area contributed by atoms with Crippen LogP contribution in [0.3, 0.4) is 0 Å². The van der Waals surface area contributed by atoms with E-state index in [1.54, 1.807) is 0 Å². The van der Waals surface area contributed by atoms with Crippen LogP contribution in [0.5, 0.6) is 0 Å². The molecule has 0 aliphatic rings. The van der Waals surface area contributed by atoms with Crippen molar-refractivity contribution in [3.05, 3.63) is 76.1 Å². The van der Waals surface area contributed by atoms with E-state index in [0.717, 1.165) is 5.92 Å². The van der Waals surface area contributed by atoms with E-state index in [4.69, 9.17) is 0 Å². The highest BCUT2D eigenvalue weighted by Gasteiger charge is 2.08. The third kappa shape index (κ3) is 5.78. The van der Waals surface area contributed by atoms with Gasteiger partial charge in [-0.15, -0.1) is 9.24 Å². The van der Waals surface area contributed by atoms with E-state index in [1.807, 2.05) is 0 Å². The topological polar surface area (TPSA) is 0 Å². The average molecular weight is 312 g/mol. The molecule has 0 bridgehead atoms. The molecule has 2 aromatic rings. The van der Waals surface area contributed by atoms with Crippen molar-refractivity contribution < 1.29 is 0 Å². The lowest BCUT2D eigenvalue weighted by atomic mass is 9.94. The summed E-state index contributed by atoms with van der Waals surface area (Å²) in [4.78, 5) is 0. The lowest BCUT2D eigenvalue weighted by Crippen LogP contribution is -1.92. The second kappa shape index (κ2) is 8.91. The molecular weight excluding hydrogens is 283 g/mol. The van der Waals surface area contributed by atoms with Crippen molar-refractivity contribution in [1.29, 1.82) is 0 Å². The number of benzene rings is 2. The van der Waals surface area contributed by atoms with E-state index in [1.165, 1.54) is 33.1 Å². The van der Waals surface area contributed by atoms with Gasteiger partial charge in [0, 0.05) is 0 Å². The molecule has 0 saturated heterocycles. The van der Waals surface area contributed by atoms with Gasteiger partial charge in [-0.1, -0.05) is 74.9 Å².